The first-order valence-electron chi connectivity index (χ1n) is 25.8. The molecule has 0 saturated carbocycles. The van der Waals surface area contributed by atoms with E-state index in [2.05, 4.69) is 219 Å². The third-order valence-electron chi connectivity index (χ3n) is 18.6. The molecule has 3 aliphatic carbocycles. The van der Waals surface area contributed by atoms with Crippen LogP contribution in [-0.4, -0.2) is 11.4 Å². The monoisotopic (exact) mass is 922 g/mol. The van der Waals surface area contributed by atoms with Crippen molar-refractivity contribution in [2.24, 2.45) is 0 Å². The molecule has 0 bridgehead atoms. The van der Waals surface area contributed by atoms with Crippen LogP contribution in [0.3, 0.4) is 0 Å². The van der Waals surface area contributed by atoms with Gasteiger partial charge in [-0.15, -0.1) is 11.3 Å². The van der Waals surface area contributed by atoms with Gasteiger partial charge < -0.3 is 9.38 Å². The molecule has 0 spiro atoms. The van der Waals surface area contributed by atoms with Gasteiger partial charge in [0.05, 0.1) is 11.0 Å². The summed E-state index contributed by atoms with van der Waals surface area (Å²) in [5.74, 6) is 0. The molecule has 4 heterocycles. The summed E-state index contributed by atoms with van der Waals surface area (Å²) in [7, 11) is 0. The van der Waals surface area contributed by atoms with E-state index in [4.69, 9.17) is 0 Å². The number of thiophene rings is 1. The lowest BCUT2D eigenvalue weighted by Gasteiger charge is -2.43. The van der Waals surface area contributed by atoms with E-state index in [1.54, 1.807) is 5.56 Å². The Bertz CT molecular complexity index is 4050. The molecule has 0 amide bonds. The summed E-state index contributed by atoms with van der Waals surface area (Å²) in [5, 5.41) is 5.35. The van der Waals surface area contributed by atoms with Crippen LogP contribution in [0.2, 0.25) is 0 Å². The minimum atomic E-state index is -0.178. The van der Waals surface area contributed by atoms with Gasteiger partial charge in [0.2, 0.25) is 0 Å². The first kappa shape index (κ1) is 41.4. The van der Waals surface area contributed by atoms with Crippen molar-refractivity contribution in [3.63, 3.8) is 0 Å². The fourth-order valence-corrected chi connectivity index (χ4v) is 15.6. The van der Waals surface area contributed by atoms with E-state index in [1.807, 2.05) is 11.3 Å². The molecular formula is C66H59BN2S. The number of benzene rings is 8. The normalized spacial score (nSPS) is 17.9. The third kappa shape index (κ3) is 5.06. The Morgan fingerprint density at radius 1 is 0.471 bits per heavy atom. The molecule has 2 aromatic heterocycles. The summed E-state index contributed by atoms with van der Waals surface area (Å²) in [4.78, 5) is 2.77. The second-order valence-corrected chi connectivity index (χ2v) is 26.3. The number of rotatable bonds is 1. The minimum absolute atomic E-state index is 0.0363. The van der Waals surface area contributed by atoms with E-state index < -0.39 is 0 Å². The van der Waals surface area contributed by atoms with E-state index in [-0.39, 0.29) is 33.9 Å². The Balaban J connectivity index is 1.08. The molecule has 0 radical (unpaired) electrons. The molecule has 2 nitrogen and oxygen atoms in total. The zero-order valence-electron chi connectivity index (χ0n) is 42.5. The largest absolute Gasteiger partial charge is 0.376 e. The first-order chi connectivity index (χ1) is 33.3. The van der Waals surface area contributed by atoms with Crippen LogP contribution in [0.25, 0.3) is 81.0 Å². The van der Waals surface area contributed by atoms with E-state index >= 15 is 0 Å². The zero-order chi connectivity index (χ0) is 47.9. The van der Waals surface area contributed by atoms with Crippen LogP contribution in [-0.2, 0) is 27.1 Å². The molecule has 4 heteroatoms. The first-order valence-corrected chi connectivity index (χ1v) is 26.6. The van der Waals surface area contributed by atoms with Gasteiger partial charge in [-0.3, -0.25) is 0 Å². The van der Waals surface area contributed by atoms with Crippen LogP contribution in [0.4, 0.5) is 11.4 Å². The second-order valence-electron chi connectivity index (χ2n) is 25.2. The molecule has 0 saturated heterocycles. The average Bonchev–Trinajstić information content (AvgIpc) is 4.00. The van der Waals surface area contributed by atoms with Crippen LogP contribution < -0.4 is 15.7 Å². The Labute approximate surface area is 417 Å². The van der Waals surface area contributed by atoms with E-state index in [0.29, 0.717) is 0 Å². The lowest BCUT2D eigenvalue weighted by molar-refractivity contribution is 0.331. The van der Waals surface area contributed by atoms with Gasteiger partial charge in [-0.2, -0.15) is 0 Å². The predicted molar refractivity (Wildman–Crippen MR) is 302 cm³/mol. The zero-order valence-corrected chi connectivity index (χ0v) is 43.3. The van der Waals surface area contributed by atoms with E-state index in [9.17, 15) is 0 Å². The van der Waals surface area contributed by atoms with Crippen LogP contribution >= 0.6 is 11.3 Å². The van der Waals surface area contributed by atoms with Crippen molar-refractivity contribution < 1.29 is 0 Å². The van der Waals surface area contributed by atoms with Crippen molar-refractivity contribution in [1.29, 1.82) is 0 Å². The Morgan fingerprint density at radius 2 is 1.13 bits per heavy atom. The van der Waals surface area contributed by atoms with Crippen molar-refractivity contribution >= 4 is 82.5 Å². The molecule has 0 fully saturated rings. The summed E-state index contributed by atoms with van der Waals surface area (Å²) >= 11 is 1.92. The van der Waals surface area contributed by atoms with Crippen molar-refractivity contribution in [3.05, 3.63) is 172 Å². The summed E-state index contributed by atoms with van der Waals surface area (Å²) < 4.78 is 5.39. The minimum Gasteiger partial charge on any atom is -0.376 e. The highest BCUT2D eigenvalue weighted by Gasteiger charge is 2.49. The quantitative estimate of drug-likeness (QED) is 0.149. The predicted octanol–water partition coefficient (Wildman–Crippen LogP) is 16.6. The maximum absolute atomic E-state index is 2.77. The fourth-order valence-electron chi connectivity index (χ4n) is 14.5. The second kappa shape index (κ2) is 12.9. The molecular weight excluding hydrogens is 864 g/mol. The van der Waals surface area contributed by atoms with Crippen LogP contribution in [0.1, 0.15) is 128 Å². The molecule has 10 aromatic rings. The van der Waals surface area contributed by atoms with Crippen LogP contribution in [0.15, 0.2) is 133 Å². The molecule has 70 heavy (non-hydrogen) atoms. The number of nitrogens with zero attached hydrogens (tertiary/aromatic N) is 2. The molecule has 0 N–H and O–H groups in total. The van der Waals surface area contributed by atoms with Gasteiger partial charge in [-0.25, -0.2) is 0 Å². The van der Waals surface area contributed by atoms with Crippen LogP contribution in [0, 0.1) is 0 Å². The summed E-state index contributed by atoms with van der Waals surface area (Å²) in [6, 6.07) is 53.6. The lowest BCUT2D eigenvalue weighted by atomic mass is 9.43. The number of anilines is 2. The Hall–Kier alpha value is -6.36. The maximum atomic E-state index is 2.77. The van der Waals surface area contributed by atoms with Gasteiger partial charge >= 0.3 is 6.85 Å². The van der Waals surface area contributed by atoms with Crippen LogP contribution in [0.5, 0.6) is 0 Å². The highest BCUT2D eigenvalue weighted by atomic mass is 32.1. The fraction of sp³-hybridized carbons (Fsp3) is 0.273. The van der Waals surface area contributed by atoms with Crippen molar-refractivity contribution in [2.45, 2.75) is 116 Å². The smallest absolute Gasteiger partial charge is 0.333 e. The van der Waals surface area contributed by atoms with Gasteiger partial charge in [0.15, 0.2) is 0 Å². The highest BCUT2D eigenvalue weighted by molar-refractivity contribution is 7.25. The lowest BCUT2D eigenvalue weighted by Crippen LogP contribution is -2.60. The van der Waals surface area contributed by atoms with Crippen molar-refractivity contribution in [2.75, 3.05) is 4.81 Å². The SMILES string of the molecule is CC(C)(C)c1ccc(N2B3c4cc5c(cc4-n4c6cc7c(cc6c6ccc(c3c64)-c3cc4c(cc32)C(C)(C)c2cc3c(cc2-4)C(C)(C)CCC3(C)C)sc2ccccc27)-c2ccccc2C5(C)C)cc1. The van der Waals surface area contributed by atoms with Crippen molar-refractivity contribution in [3.8, 4) is 39.1 Å². The summed E-state index contributed by atoms with van der Waals surface area (Å²) in [6.45, 7) is 26.7. The average molecular weight is 923 g/mol. The number of fused-ring (bicyclic) bond motifs is 18. The van der Waals surface area contributed by atoms with E-state index in [0.717, 1.165) is 0 Å². The molecule has 5 aliphatic rings. The Morgan fingerprint density at radius 3 is 1.90 bits per heavy atom. The highest BCUT2D eigenvalue weighted by Crippen LogP contribution is 2.58. The summed E-state index contributed by atoms with van der Waals surface area (Å²) in [5.41, 5.74) is 27.6. The topological polar surface area (TPSA) is 8.17 Å². The molecule has 342 valence electrons. The number of hydrogen-bond donors (Lipinski definition) is 0. The van der Waals surface area contributed by atoms with Gasteiger partial charge in [0, 0.05) is 64.4 Å². The molecule has 0 atom stereocenters. The van der Waals surface area contributed by atoms with Gasteiger partial charge in [-0.05, 0) is 161 Å². The Kier molecular flexibility index (Phi) is 7.66. The van der Waals surface area contributed by atoms with Gasteiger partial charge in [-0.1, -0.05) is 155 Å². The summed E-state index contributed by atoms with van der Waals surface area (Å²) in [6.07, 6.45) is 2.42. The van der Waals surface area contributed by atoms with Gasteiger partial charge in [0.1, 0.15) is 0 Å². The number of hydrogen-bond acceptors (Lipinski definition) is 2. The van der Waals surface area contributed by atoms with Gasteiger partial charge in [0.25, 0.3) is 0 Å². The molecule has 15 rings (SSSR count). The van der Waals surface area contributed by atoms with E-state index in [1.165, 1.54) is 150 Å². The van der Waals surface area contributed by atoms with Crippen molar-refractivity contribution in [1.82, 2.24) is 4.57 Å². The standard InChI is InChI=1S/C66H59BN2S/c1-62(2,3)36-20-22-37(23-21-36)69-56-35-51-42(43-29-52-53(33-49(43)66(51,10)11)64(6,7)27-26-63(52,4)5)28-45(56)40-24-25-41-46-32-59-47(39-17-13-15-19-58(39)70-59)31-55(46)68-57-30-44-38-16-12-14-18-48(38)65(8,9)50(44)34-54(57)67(69)60(40)61(41)68/h12-25,28-35H,26-27H2,1-11H3. The third-order valence-corrected chi connectivity index (χ3v) is 19.7. The maximum Gasteiger partial charge on any atom is 0.333 e. The number of aromatic nitrogens is 1. The molecule has 0 unspecified atom stereocenters. The molecule has 8 aromatic carbocycles. The molecule has 2 aliphatic heterocycles.